The Labute approximate surface area is 64.5 Å². The summed E-state index contributed by atoms with van der Waals surface area (Å²) in [7, 11) is 0. The van der Waals surface area contributed by atoms with E-state index < -0.39 is 24.1 Å². The molecule has 3 atom stereocenters. The zero-order chi connectivity index (χ0) is 8.43. The van der Waals surface area contributed by atoms with Gasteiger partial charge in [0.25, 0.3) is 0 Å². The van der Waals surface area contributed by atoms with Crippen molar-refractivity contribution in [3.05, 3.63) is 0 Å². The lowest BCUT2D eigenvalue weighted by molar-refractivity contribution is -0.146. The second kappa shape index (κ2) is 3.19. The minimum atomic E-state index is -0.879. The second-order valence-electron chi connectivity index (χ2n) is 2.98. The number of carbonyl (C=O) groups is 1. The van der Waals surface area contributed by atoms with Crippen LogP contribution in [0.15, 0.2) is 0 Å². The number of carboxylic acids is 1. The number of aliphatic hydroxyl groups is 2. The smallest absolute Gasteiger partial charge is 0.306 e. The molecule has 1 aliphatic carbocycles. The summed E-state index contributed by atoms with van der Waals surface area (Å²) in [6, 6.07) is 0. The number of aliphatic hydroxyl groups excluding tert-OH is 2. The molecule has 3 N–H and O–H groups in total. The molecule has 1 rings (SSSR count). The number of rotatable bonds is 1. The van der Waals surface area contributed by atoms with E-state index in [4.69, 9.17) is 15.3 Å². The van der Waals surface area contributed by atoms with Crippen LogP contribution in [0.25, 0.3) is 0 Å². The third-order valence-electron chi connectivity index (χ3n) is 2.13. The molecule has 1 saturated carbocycles. The van der Waals surface area contributed by atoms with Crippen LogP contribution in [-0.4, -0.2) is 33.5 Å². The third-order valence-corrected chi connectivity index (χ3v) is 2.13. The van der Waals surface area contributed by atoms with E-state index in [1.807, 2.05) is 0 Å². The van der Waals surface area contributed by atoms with E-state index >= 15 is 0 Å². The van der Waals surface area contributed by atoms with Crippen LogP contribution < -0.4 is 0 Å². The lowest BCUT2D eigenvalue weighted by atomic mass is 9.85. The Balaban J connectivity index is 2.46. The van der Waals surface area contributed by atoms with E-state index in [9.17, 15) is 4.79 Å². The van der Waals surface area contributed by atoms with Crippen LogP contribution in [0, 0.1) is 5.92 Å². The van der Waals surface area contributed by atoms with Gasteiger partial charge in [-0.05, 0) is 19.3 Å². The first-order valence-electron chi connectivity index (χ1n) is 3.70. The van der Waals surface area contributed by atoms with Crippen LogP contribution in [0.5, 0.6) is 0 Å². The fraction of sp³-hybridized carbons (Fsp3) is 0.857. The molecule has 0 saturated heterocycles. The SMILES string of the molecule is O=C(O)[C@@H]1CCC(O)[C@@H](O)C1. The van der Waals surface area contributed by atoms with Crippen molar-refractivity contribution in [1.29, 1.82) is 0 Å². The molecule has 0 aromatic heterocycles. The van der Waals surface area contributed by atoms with Crippen molar-refractivity contribution in [3.8, 4) is 0 Å². The Hall–Kier alpha value is -0.610. The zero-order valence-electron chi connectivity index (χ0n) is 6.10. The Morgan fingerprint density at radius 1 is 1.18 bits per heavy atom. The Bertz CT molecular complexity index is 157. The van der Waals surface area contributed by atoms with E-state index in [0.717, 1.165) is 0 Å². The molecule has 4 heteroatoms. The van der Waals surface area contributed by atoms with Crippen molar-refractivity contribution in [1.82, 2.24) is 0 Å². The average molecular weight is 160 g/mol. The number of carboxylic acid groups (broad SMARTS) is 1. The molecule has 0 amide bonds. The molecule has 4 nitrogen and oxygen atoms in total. The van der Waals surface area contributed by atoms with E-state index in [1.165, 1.54) is 0 Å². The molecule has 0 aliphatic heterocycles. The maximum Gasteiger partial charge on any atom is 0.306 e. The van der Waals surface area contributed by atoms with Gasteiger partial charge in [-0.3, -0.25) is 4.79 Å². The van der Waals surface area contributed by atoms with Gasteiger partial charge in [-0.2, -0.15) is 0 Å². The van der Waals surface area contributed by atoms with Crippen LogP contribution in [0.4, 0.5) is 0 Å². The van der Waals surface area contributed by atoms with Crippen LogP contribution in [-0.2, 0) is 4.79 Å². The lowest BCUT2D eigenvalue weighted by Gasteiger charge is -2.27. The molecular weight excluding hydrogens is 148 g/mol. The standard InChI is InChI=1S/C7H12O4/c8-5-2-1-4(7(10)11)3-6(5)9/h4-6,8-9H,1-3H2,(H,10,11)/t4-,5?,6+/m1/s1. The Morgan fingerprint density at radius 3 is 2.27 bits per heavy atom. The van der Waals surface area contributed by atoms with Gasteiger partial charge in [0.2, 0.25) is 0 Å². The van der Waals surface area contributed by atoms with Gasteiger partial charge < -0.3 is 15.3 Å². The second-order valence-corrected chi connectivity index (χ2v) is 2.98. The summed E-state index contributed by atoms with van der Waals surface area (Å²) in [5.74, 6) is -1.36. The van der Waals surface area contributed by atoms with Gasteiger partial charge in [0.05, 0.1) is 18.1 Å². The summed E-state index contributed by atoms with van der Waals surface area (Å²) in [6.45, 7) is 0. The van der Waals surface area contributed by atoms with Crippen molar-refractivity contribution in [2.75, 3.05) is 0 Å². The summed E-state index contributed by atoms with van der Waals surface area (Å²) in [6.07, 6.45) is -0.558. The molecule has 1 unspecified atom stereocenters. The molecule has 1 fully saturated rings. The van der Waals surface area contributed by atoms with Gasteiger partial charge in [0.15, 0.2) is 0 Å². The summed E-state index contributed by atoms with van der Waals surface area (Å²) < 4.78 is 0. The first-order chi connectivity index (χ1) is 5.11. The first kappa shape index (κ1) is 8.49. The van der Waals surface area contributed by atoms with E-state index in [1.54, 1.807) is 0 Å². The van der Waals surface area contributed by atoms with Gasteiger partial charge in [0.1, 0.15) is 0 Å². The van der Waals surface area contributed by atoms with E-state index in [2.05, 4.69) is 0 Å². The van der Waals surface area contributed by atoms with Gasteiger partial charge in [-0.1, -0.05) is 0 Å². The highest BCUT2D eigenvalue weighted by atomic mass is 16.4. The normalized spacial score (nSPS) is 38.5. The van der Waals surface area contributed by atoms with Gasteiger partial charge in [-0.25, -0.2) is 0 Å². The predicted molar refractivity (Wildman–Crippen MR) is 37.0 cm³/mol. The lowest BCUT2D eigenvalue weighted by Crippen LogP contribution is -2.36. The monoisotopic (exact) mass is 160 g/mol. The molecule has 0 bridgehead atoms. The largest absolute Gasteiger partial charge is 0.481 e. The summed E-state index contributed by atoms with van der Waals surface area (Å²) >= 11 is 0. The summed E-state index contributed by atoms with van der Waals surface area (Å²) in [5, 5.41) is 26.7. The van der Waals surface area contributed by atoms with Crippen molar-refractivity contribution in [2.24, 2.45) is 5.92 Å². The highest BCUT2D eigenvalue weighted by Gasteiger charge is 2.31. The molecule has 0 aromatic rings. The van der Waals surface area contributed by atoms with E-state index in [0.29, 0.717) is 12.8 Å². The minimum absolute atomic E-state index is 0.177. The Morgan fingerprint density at radius 2 is 1.82 bits per heavy atom. The quantitative estimate of drug-likeness (QED) is 0.487. The molecule has 1 aliphatic rings. The molecular formula is C7H12O4. The van der Waals surface area contributed by atoms with Crippen LogP contribution >= 0.6 is 0 Å². The van der Waals surface area contributed by atoms with Crippen LogP contribution in [0.1, 0.15) is 19.3 Å². The molecule has 0 radical (unpaired) electrons. The van der Waals surface area contributed by atoms with Gasteiger partial charge in [0, 0.05) is 0 Å². The molecule has 0 spiro atoms. The fourth-order valence-corrected chi connectivity index (χ4v) is 1.36. The third kappa shape index (κ3) is 1.91. The van der Waals surface area contributed by atoms with Crippen molar-refractivity contribution < 1.29 is 20.1 Å². The van der Waals surface area contributed by atoms with Crippen molar-refractivity contribution >= 4 is 5.97 Å². The predicted octanol–water partition coefficient (Wildman–Crippen LogP) is -0.407. The number of hydrogen-bond donors (Lipinski definition) is 3. The van der Waals surface area contributed by atoms with Crippen molar-refractivity contribution in [3.63, 3.8) is 0 Å². The molecule has 11 heavy (non-hydrogen) atoms. The van der Waals surface area contributed by atoms with Gasteiger partial charge >= 0.3 is 5.97 Å². The summed E-state index contributed by atoms with van der Waals surface area (Å²) in [4.78, 5) is 10.4. The highest BCUT2D eigenvalue weighted by Crippen LogP contribution is 2.24. The minimum Gasteiger partial charge on any atom is -0.481 e. The first-order valence-corrected chi connectivity index (χ1v) is 3.70. The van der Waals surface area contributed by atoms with Gasteiger partial charge in [-0.15, -0.1) is 0 Å². The highest BCUT2D eigenvalue weighted by molar-refractivity contribution is 5.70. The zero-order valence-corrected chi connectivity index (χ0v) is 6.10. The molecule has 0 heterocycles. The number of aliphatic carboxylic acids is 1. The maximum atomic E-state index is 10.4. The maximum absolute atomic E-state index is 10.4. The fourth-order valence-electron chi connectivity index (χ4n) is 1.36. The summed E-state index contributed by atoms with van der Waals surface area (Å²) in [5.41, 5.74) is 0. The van der Waals surface area contributed by atoms with Crippen molar-refractivity contribution in [2.45, 2.75) is 31.5 Å². The number of hydrogen-bond acceptors (Lipinski definition) is 3. The van der Waals surface area contributed by atoms with E-state index in [-0.39, 0.29) is 6.42 Å². The van der Waals surface area contributed by atoms with Crippen LogP contribution in [0.3, 0.4) is 0 Å². The molecule has 0 aromatic carbocycles. The Kier molecular flexibility index (Phi) is 2.46. The van der Waals surface area contributed by atoms with Crippen LogP contribution in [0.2, 0.25) is 0 Å². The topological polar surface area (TPSA) is 77.8 Å². The average Bonchev–Trinajstić information content (AvgIpc) is 1.94. The molecule has 64 valence electrons.